The molecule has 1 rings (SSSR count). The highest BCUT2D eigenvalue weighted by molar-refractivity contribution is 5.08. The third-order valence-corrected chi connectivity index (χ3v) is 0.519. The monoisotopic (exact) mass is 102 g/mol. The van der Waals surface area contributed by atoms with Crippen LogP contribution in [0.2, 0.25) is 0 Å². The molecule has 0 unspecified atom stereocenters. The van der Waals surface area contributed by atoms with E-state index >= 15 is 0 Å². The van der Waals surface area contributed by atoms with Gasteiger partial charge in [-0.1, -0.05) is 0 Å². The number of nitrogens with one attached hydrogen (secondary N) is 2. The first kappa shape index (κ1) is 3.91. The minimum absolute atomic E-state index is 0.116. The topological polar surface area (TPSA) is 87.6 Å². The Bertz CT molecular complexity index is 197. The van der Waals surface area contributed by atoms with Crippen molar-refractivity contribution < 1.29 is 0 Å². The lowest BCUT2D eigenvalue weighted by atomic mass is 11.2. The van der Waals surface area contributed by atoms with Crippen LogP contribution in [0.1, 0.15) is 0 Å². The zero-order valence-corrected chi connectivity index (χ0v) is 3.43. The van der Waals surface area contributed by atoms with E-state index in [1.165, 1.54) is 0 Å². The molecule has 1 heterocycles. The van der Waals surface area contributed by atoms with Crippen molar-refractivity contribution >= 4 is 5.95 Å². The van der Waals surface area contributed by atoms with Gasteiger partial charge in [0.1, 0.15) is 0 Å². The van der Waals surface area contributed by atoms with Gasteiger partial charge in [-0.05, 0) is 0 Å². The van der Waals surface area contributed by atoms with Crippen LogP contribution in [0.4, 0.5) is 5.95 Å². The standard InChI is InChI=1S/C2H4N4O/c3-1-4-2(7)6-5-1/h(H4,3,4,5,6,7)/i2+2. The molecule has 1 aromatic rings. The van der Waals surface area contributed by atoms with Crippen molar-refractivity contribution in [3.05, 3.63) is 10.5 Å². The van der Waals surface area contributed by atoms with Gasteiger partial charge in [0, 0.05) is 0 Å². The Morgan fingerprint density at radius 3 is 2.71 bits per heavy atom. The predicted molar refractivity (Wildman–Crippen MR) is 23.6 cm³/mol. The van der Waals surface area contributed by atoms with E-state index in [0.29, 0.717) is 0 Å². The zero-order chi connectivity index (χ0) is 5.28. The van der Waals surface area contributed by atoms with Gasteiger partial charge >= 0.3 is 5.69 Å². The summed E-state index contributed by atoms with van der Waals surface area (Å²) in [6, 6.07) is 0. The number of aromatic nitrogens is 3. The molecular weight excluding hydrogens is 98.0 g/mol. The Morgan fingerprint density at radius 2 is 2.57 bits per heavy atom. The Morgan fingerprint density at radius 1 is 1.86 bits per heavy atom. The summed E-state index contributed by atoms with van der Waals surface area (Å²) >= 11 is 0. The SMILES string of the molecule is Nc1n[nH][14c](=O)[nH]1. The molecule has 0 amide bonds. The molecular formula is C2H4N4O. The van der Waals surface area contributed by atoms with Crippen molar-refractivity contribution in [2.75, 3.05) is 5.73 Å². The van der Waals surface area contributed by atoms with Crippen molar-refractivity contribution in [3.8, 4) is 0 Å². The maximum Gasteiger partial charge on any atom is 0.342 e. The van der Waals surface area contributed by atoms with E-state index in [-0.39, 0.29) is 11.6 Å². The Hall–Kier alpha value is -1.26. The quantitative estimate of drug-likeness (QED) is 0.379. The van der Waals surface area contributed by atoms with Gasteiger partial charge in [0.25, 0.3) is 0 Å². The first-order valence-electron chi connectivity index (χ1n) is 1.69. The lowest BCUT2D eigenvalue weighted by Crippen LogP contribution is -2.00. The van der Waals surface area contributed by atoms with Crippen LogP contribution in [0.15, 0.2) is 4.79 Å². The van der Waals surface area contributed by atoms with Crippen LogP contribution in [0.3, 0.4) is 0 Å². The average molecular weight is 102 g/mol. The molecule has 0 aliphatic carbocycles. The molecule has 0 aliphatic rings. The second kappa shape index (κ2) is 1.11. The lowest BCUT2D eigenvalue weighted by Gasteiger charge is -1.67. The van der Waals surface area contributed by atoms with Crippen molar-refractivity contribution in [1.82, 2.24) is 15.2 Å². The molecule has 0 aliphatic heterocycles. The molecule has 0 radical (unpaired) electrons. The minimum atomic E-state index is -0.377. The molecule has 0 fully saturated rings. The highest BCUT2D eigenvalue weighted by Crippen LogP contribution is 1.71. The van der Waals surface area contributed by atoms with Crippen LogP contribution in [-0.4, -0.2) is 15.2 Å². The van der Waals surface area contributed by atoms with Crippen molar-refractivity contribution in [1.29, 1.82) is 0 Å². The van der Waals surface area contributed by atoms with Gasteiger partial charge in [-0.25, -0.2) is 9.89 Å². The highest BCUT2D eigenvalue weighted by Gasteiger charge is 1.83. The maximum atomic E-state index is 10.0. The number of nitrogens with two attached hydrogens (primary N) is 1. The summed E-state index contributed by atoms with van der Waals surface area (Å²) in [7, 11) is 0. The van der Waals surface area contributed by atoms with Gasteiger partial charge in [-0.3, -0.25) is 4.98 Å². The molecule has 0 spiro atoms. The molecule has 4 N–H and O–H groups in total. The fourth-order valence-corrected chi connectivity index (χ4v) is 0.283. The number of rotatable bonds is 0. The second-order valence-corrected chi connectivity index (χ2v) is 1.06. The summed E-state index contributed by atoms with van der Waals surface area (Å²) in [5, 5.41) is 5.38. The molecule has 0 atom stereocenters. The fourth-order valence-electron chi connectivity index (χ4n) is 0.283. The van der Waals surface area contributed by atoms with Crippen molar-refractivity contribution in [3.63, 3.8) is 0 Å². The number of aromatic amines is 2. The second-order valence-electron chi connectivity index (χ2n) is 1.06. The highest BCUT2D eigenvalue weighted by atomic mass is 16.3. The first-order valence-corrected chi connectivity index (χ1v) is 1.69. The van der Waals surface area contributed by atoms with Crippen LogP contribution < -0.4 is 11.4 Å². The summed E-state index contributed by atoms with van der Waals surface area (Å²) in [4.78, 5) is 12.2. The number of nitrogen functional groups attached to an aromatic ring is 1. The van der Waals surface area contributed by atoms with Crippen LogP contribution in [0.5, 0.6) is 0 Å². The molecule has 1 aromatic heterocycles. The van der Waals surface area contributed by atoms with Gasteiger partial charge in [-0.2, -0.15) is 0 Å². The van der Waals surface area contributed by atoms with E-state index < -0.39 is 0 Å². The normalized spacial score (nSPS) is 9.14. The van der Waals surface area contributed by atoms with Crippen LogP contribution in [0, 0.1) is 0 Å². The van der Waals surface area contributed by atoms with E-state index in [0.717, 1.165) is 0 Å². The zero-order valence-electron chi connectivity index (χ0n) is 3.43. The summed E-state index contributed by atoms with van der Waals surface area (Å²) < 4.78 is 0. The Labute approximate surface area is 38.5 Å². The van der Waals surface area contributed by atoms with E-state index in [2.05, 4.69) is 15.2 Å². The summed E-state index contributed by atoms with van der Waals surface area (Å²) in [5.74, 6) is 0.116. The molecule has 0 bridgehead atoms. The van der Waals surface area contributed by atoms with Crippen LogP contribution >= 0.6 is 0 Å². The molecule has 5 heteroatoms. The number of hydrogen-bond donors (Lipinski definition) is 3. The van der Waals surface area contributed by atoms with E-state index in [4.69, 9.17) is 5.73 Å². The van der Waals surface area contributed by atoms with E-state index in [1.807, 2.05) is 0 Å². The summed E-state index contributed by atoms with van der Waals surface area (Å²) in [5.41, 5.74) is 4.60. The van der Waals surface area contributed by atoms with Gasteiger partial charge < -0.3 is 5.73 Å². The lowest BCUT2D eigenvalue weighted by molar-refractivity contribution is 1.05. The maximum absolute atomic E-state index is 10.0. The number of hydrogen-bond acceptors (Lipinski definition) is 3. The smallest absolute Gasteiger partial charge is 0.342 e. The molecule has 7 heavy (non-hydrogen) atoms. The molecule has 0 saturated heterocycles. The Kier molecular flexibility index (Phi) is 0.619. The first-order chi connectivity index (χ1) is 3.29. The minimum Gasteiger partial charge on any atom is -0.368 e. The fraction of sp³-hybridized carbons (Fsp3) is 0. The van der Waals surface area contributed by atoms with E-state index in [9.17, 15) is 4.79 Å². The van der Waals surface area contributed by atoms with E-state index in [1.54, 1.807) is 0 Å². The summed E-state index contributed by atoms with van der Waals surface area (Å²) in [6.07, 6.45) is 0. The van der Waals surface area contributed by atoms with Gasteiger partial charge in [-0.15, -0.1) is 5.10 Å². The largest absolute Gasteiger partial charge is 0.368 e. The Balaban J connectivity index is 3.30. The van der Waals surface area contributed by atoms with Gasteiger partial charge in [0.05, 0.1) is 0 Å². The molecule has 5 nitrogen and oxygen atoms in total. The molecule has 0 aromatic carbocycles. The molecule has 38 valence electrons. The van der Waals surface area contributed by atoms with Crippen molar-refractivity contribution in [2.24, 2.45) is 0 Å². The third-order valence-electron chi connectivity index (χ3n) is 0.519. The third kappa shape index (κ3) is 0.594. The summed E-state index contributed by atoms with van der Waals surface area (Å²) in [6.45, 7) is 0. The number of nitrogens with zero attached hydrogens (tertiary/aromatic N) is 1. The predicted octanol–water partition coefficient (Wildman–Crippen LogP) is -1.32. The van der Waals surface area contributed by atoms with Gasteiger partial charge in [0.15, 0.2) is 0 Å². The van der Waals surface area contributed by atoms with Crippen LogP contribution in [-0.2, 0) is 0 Å². The number of anilines is 1. The van der Waals surface area contributed by atoms with Crippen molar-refractivity contribution in [2.45, 2.75) is 0 Å². The van der Waals surface area contributed by atoms with Crippen LogP contribution in [0.25, 0.3) is 0 Å². The van der Waals surface area contributed by atoms with Gasteiger partial charge in [0.2, 0.25) is 5.95 Å². The number of H-pyrrole nitrogens is 2. The molecule has 0 saturated carbocycles. The average Bonchev–Trinajstić information content (AvgIpc) is 1.87.